The molecule has 3 N–H and O–H groups in total. The van der Waals surface area contributed by atoms with Gasteiger partial charge in [0.1, 0.15) is 11.4 Å². The summed E-state index contributed by atoms with van der Waals surface area (Å²) in [5.41, 5.74) is 1.68. The third-order valence-electron chi connectivity index (χ3n) is 6.09. The highest BCUT2D eigenvalue weighted by Crippen LogP contribution is 2.47. The van der Waals surface area contributed by atoms with Gasteiger partial charge in [0.25, 0.3) is 0 Å². The number of hydrogen-bond donors (Lipinski definition) is 2. The van der Waals surface area contributed by atoms with Crippen molar-refractivity contribution < 1.29 is 18.7 Å². The van der Waals surface area contributed by atoms with E-state index in [1.54, 1.807) is 36.7 Å². The van der Waals surface area contributed by atoms with Crippen LogP contribution in [0.1, 0.15) is 41.6 Å². The van der Waals surface area contributed by atoms with Crippen LogP contribution in [0.4, 0.5) is 10.2 Å². The van der Waals surface area contributed by atoms with Gasteiger partial charge in [-0.25, -0.2) is 9.18 Å². The van der Waals surface area contributed by atoms with E-state index in [0.717, 1.165) is 10.4 Å². The second-order valence-corrected chi connectivity index (χ2v) is 7.94. The maximum Gasteiger partial charge on any atom is 0.339 e. The van der Waals surface area contributed by atoms with Gasteiger partial charge in [-0.05, 0) is 43.9 Å². The lowest BCUT2D eigenvalue weighted by Gasteiger charge is -2.35. The molecule has 1 aromatic carbocycles. The topological polar surface area (TPSA) is 112 Å². The number of nitrogens with one attached hydrogen (secondary N) is 1. The monoisotopic (exact) mass is 421 g/mol. The minimum atomic E-state index is -0.697. The summed E-state index contributed by atoms with van der Waals surface area (Å²) in [4.78, 5) is 30.2. The van der Waals surface area contributed by atoms with Gasteiger partial charge in [-0.2, -0.15) is 9.89 Å². The quantitative estimate of drug-likeness (QED) is 0.497. The third kappa shape index (κ3) is 3.31. The highest BCUT2D eigenvalue weighted by molar-refractivity contribution is 5.95. The molecule has 1 aliphatic carbocycles. The third-order valence-corrected chi connectivity index (χ3v) is 6.09. The largest absolute Gasteiger partial charge is 0.450 e. The zero-order chi connectivity index (χ0) is 21.6. The molecular formula is C22H20FN5O3. The first-order chi connectivity index (χ1) is 14.9. The molecule has 0 bridgehead atoms. The minimum absolute atomic E-state index is 0.178. The molecule has 1 aliphatic heterocycles. The van der Waals surface area contributed by atoms with Crippen molar-refractivity contribution in [1.82, 2.24) is 14.9 Å². The Morgan fingerprint density at radius 2 is 2.06 bits per heavy atom. The van der Waals surface area contributed by atoms with E-state index in [4.69, 9.17) is 10.6 Å². The van der Waals surface area contributed by atoms with E-state index >= 15 is 0 Å². The van der Waals surface area contributed by atoms with Gasteiger partial charge >= 0.3 is 5.97 Å². The molecule has 9 heteroatoms. The van der Waals surface area contributed by atoms with Crippen molar-refractivity contribution in [2.45, 2.75) is 31.3 Å². The predicted octanol–water partition coefficient (Wildman–Crippen LogP) is 2.99. The van der Waals surface area contributed by atoms with Gasteiger partial charge in [0, 0.05) is 35.5 Å². The lowest BCUT2D eigenvalue weighted by Crippen LogP contribution is -2.36. The first-order valence-electron chi connectivity index (χ1n) is 10.0. The number of fused-ring (bicyclic) bond motifs is 2. The molecular weight excluding hydrogens is 401 g/mol. The number of pyridine rings is 1. The number of nitrogens with two attached hydrogens (primary N) is 1. The molecule has 1 fully saturated rings. The summed E-state index contributed by atoms with van der Waals surface area (Å²) in [6.45, 7) is 0. The summed E-state index contributed by atoms with van der Waals surface area (Å²) < 4.78 is 19.2. The first-order valence-corrected chi connectivity index (χ1v) is 10.0. The molecule has 1 amide bonds. The maximum absolute atomic E-state index is 13.5. The number of carbonyl (C=O) groups is 2. The number of esters is 1. The molecule has 0 atom stereocenters. The van der Waals surface area contributed by atoms with Crippen LogP contribution in [0.25, 0.3) is 11.3 Å². The van der Waals surface area contributed by atoms with Gasteiger partial charge in [0.05, 0.1) is 11.3 Å². The fraction of sp³-hybridized carbons (Fsp3) is 0.273. The molecule has 5 rings (SSSR count). The van der Waals surface area contributed by atoms with Crippen LogP contribution in [-0.4, -0.2) is 26.7 Å². The molecule has 8 nitrogen and oxygen atoms in total. The highest BCUT2D eigenvalue weighted by Gasteiger charge is 2.48. The number of halogens is 1. The Morgan fingerprint density at radius 3 is 2.84 bits per heavy atom. The summed E-state index contributed by atoms with van der Waals surface area (Å²) in [7, 11) is 0. The van der Waals surface area contributed by atoms with Gasteiger partial charge in [-0.15, -0.1) is 0 Å². The zero-order valence-electron chi connectivity index (χ0n) is 16.5. The molecule has 31 heavy (non-hydrogen) atoms. The van der Waals surface area contributed by atoms with Gasteiger partial charge in [0.2, 0.25) is 5.91 Å². The van der Waals surface area contributed by atoms with E-state index in [9.17, 15) is 14.0 Å². The fourth-order valence-electron chi connectivity index (χ4n) is 4.45. The van der Waals surface area contributed by atoms with Crippen LogP contribution in [0.3, 0.4) is 0 Å². The van der Waals surface area contributed by atoms with Crippen LogP contribution >= 0.6 is 0 Å². The van der Waals surface area contributed by atoms with E-state index in [1.165, 1.54) is 12.1 Å². The predicted molar refractivity (Wildman–Crippen MR) is 110 cm³/mol. The Balaban J connectivity index is 1.28. The summed E-state index contributed by atoms with van der Waals surface area (Å²) >= 11 is 0. The van der Waals surface area contributed by atoms with Crippen LogP contribution in [0.2, 0.25) is 0 Å². The summed E-state index contributed by atoms with van der Waals surface area (Å²) in [6.07, 6.45) is 5.47. The Hall–Kier alpha value is -3.75. The van der Waals surface area contributed by atoms with E-state index in [-0.39, 0.29) is 23.6 Å². The van der Waals surface area contributed by atoms with Crippen LogP contribution < -0.4 is 11.2 Å². The maximum atomic E-state index is 13.5. The number of nitrogen functional groups attached to an aromatic ring is 1. The number of ether oxygens (including phenoxy) is 1. The van der Waals surface area contributed by atoms with Crippen molar-refractivity contribution in [1.29, 1.82) is 0 Å². The van der Waals surface area contributed by atoms with Crippen molar-refractivity contribution in [3.05, 3.63) is 65.7 Å². The Labute approximate surface area is 177 Å². The van der Waals surface area contributed by atoms with Crippen molar-refractivity contribution in [3.63, 3.8) is 0 Å². The summed E-state index contributed by atoms with van der Waals surface area (Å²) in [5.74, 6) is 5.07. The lowest BCUT2D eigenvalue weighted by molar-refractivity contribution is -0.122. The molecule has 0 radical (unpaired) electrons. The zero-order valence-corrected chi connectivity index (χ0v) is 16.5. The number of anilines is 1. The number of rotatable bonds is 3. The molecule has 3 aromatic rings. The highest BCUT2D eigenvalue weighted by atomic mass is 19.1. The summed E-state index contributed by atoms with van der Waals surface area (Å²) in [6, 6.07) is 9.27. The second kappa shape index (κ2) is 7.19. The Bertz CT molecular complexity index is 1180. The Kier molecular flexibility index (Phi) is 4.46. The van der Waals surface area contributed by atoms with Crippen molar-refractivity contribution in [2.75, 3.05) is 11.2 Å². The van der Waals surface area contributed by atoms with Crippen LogP contribution in [0.15, 0.2) is 48.8 Å². The number of aromatic nitrogens is 3. The van der Waals surface area contributed by atoms with Gasteiger partial charge in [-0.1, -0.05) is 12.1 Å². The smallest absolute Gasteiger partial charge is 0.339 e. The molecule has 158 valence electrons. The molecule has 1 saturated carbocycles. The average molecular weight is 421 g/mol. The van der Waals surface area contributed by atoms with Crippen molar-refractivity contribution in [2.24, 2.45) is 5.92 Å². The number of carbonyl (C=O) groups excluding carboxylic acids is 2. The van der Waals surface area contributed by atoms with E-state index in [2.05, 4.69) is 15.4 Å². The standard InChI is InChI=1S/C22H20FN5O3/c23-15-3-1-2-14(10-15)18-11-19(28(24)27-18)26-20(29)13-4-7-22(8-5-13)17-12-25-9-6-16(17)21(30)31-22/h1-3,6,9-13H,4-5,7-8,24H2,(H,26,29). The fourth-order valence-corrected chi connectivity index (χ4v) is 4.45. The lowest BCUT2D eigenvalue weighted by atomic mass is 9.75. The number of nitrogens with zero attached hydrogens (tertiary/aromatic N) is 3. The number of hydrogen-bond acceptors (Lipinski definition) is 6. The van der Waals surface area contributed by atoms with Crippen LogP contribution in [-0.2, 0) is 15.1 Å². The van der Waals surface area contributed by atoms with Gasteiger partial charge in [-0.3, -0.25) is 9.78 Å². The van der Waals surface area contributed by atoms with E-state index in [0.29, 0.717) is 48.3 Å². The first kappa shape index (κ1) is 19.2. The van der Waals surface area contributed by atoms with E-state index < -0.39 is 5.60 Å². The second-order valence-electron chi connectivity index (χ2n) is 7.94. The number of amides is 1. The van der Waals surface area contributed by atoms with Crippen molar-refractivity contribution in [3.8, 4) is 11.3 Å². The van der Waals surface area contributed by atoms with Crippen molar-refractivity contribution >= 4 is 17.7 Å². The molecule has 3 heterocycles. The normalized spacial score (nSPS) is 22.2. The number of benzene rings is 1. The molecule has 1 spiro atoms. The van der Waals surface area contributed by atoms with Crippen LogP contribution in [0.5, 0.6) is 0 Å². The summed E-state index contributed by atoms with van der Waals surface area (Å²) in [5, 5.41) is 6.97. The SMILES string of the molecule is Nn1nc(-c2cccc(F)c2)cc1NC(=O)C1CCC2(CC1)OC(=O)c1ccncc12. The van der Waals surface area contributed by atoms with Gasteiger partial charge < -0.3 is 15.9 Å². The van der Waals surface area contributed by atoms with Crippen LogP contribution in [0, 0.1) is 11.7 Å². The van der Waals surface area contributed by atoms with Gasteiger partial charge in [0.15, 0.2) is 5.82 Å². The molecule has 2 aromatic heterocycles. The molecule has 2 aliphatic rings. The molecule has 0 unspecified atom stereocenters. The minimum Gasteiger partial charge on any atom is -0.450 e. The Morgan fingerprint density at radius 1 is 1.26 bits per heavy atom. The molecule has 0 saturated heterocycles. The average Bonchev–Trinajstić information content (AvgIpc) is 3.26. The van der Waals surface area contributed by atoms with E-state index in [1.807, 2.05) is 0 Å².